The number of rotatable bonds is 6. The van der Waals surface area contributed by atoms with Crippen LogP contribution in [0.3, 0.4) is 0 Å². The Balaban J connectivity index is 2.14. The van der Waals surface area contributed by atoms with Crippen molar-refractivity contribution >= 4 is 28.9 Å². The average Bonchev–Trinajstić information content (AvgIpc) is 2.48. The number of anilines is 1. The Morgan fingerprint density at radius 2 is 1.76 bits per heavy atom. The highest BCUT2D eigenvalue weighted by atomic mass is 35.5. The topological polar surface area (TPSA) is 21.3 Å². The van der Waals surface area contributed by atoms with Gasteiger partial charge < -0.3 is 10.1 Å². The number of ether oxygens (including phenoxy) is 1. The lowest BCUT2D eigenvalue weighted by Gasteiger charge is -2.14. The van der Waals surface area contributed by atoms with E-state index in [1.165, 1.54) is 5.56 Å². The molecule has 0 unspecified atom stereocenters. The minimum atomic E-state index is 0.544. The van der Waals surface area contributed by atoms with Gasteiger partial charge in [-0.3, -0.25) is 0 Å². The second-order valence-corrected chi connectivity index (χ2v) is 5.56. The molecule has 0 atom stereocenters. The molecule has 0 radical (unpaired) electrons. The van der Waals surface area contributed by atoms with Crippen molar-refractivity contribution in [3.8, 4) is 5.75 Å². The summed E-state index contributed by atoms with van der Waals surface area (Å²) in [5, 5.41) is 4.52. The van der Waals surface area contributed by atoms with Crippen LogP contribution in [0.1, 0.15) is 25.0 Å². The lowest BCUT2D eigenvalue weighted by atomic mass is 10.1. The first-order valence-corrected chi connectivity index (χ1v) is 7.83. The van der Waals surface area contributed by atoms with Crippen molar-refractivity contribution in [2.24, 2.45) is 0 Å². The molecule has 2 rings (SSSR count). The first kappa shape index (κ1) is 16.0. The van der Waals surface area contributed by atoms with E-state index in [9.17, 15) is 0 Å². The zero-order chi connectivity index (χ0) is 15.2. The van der Waals surface area contributed by atoms with Gasteiger partial charge in [0, 0.05) is 22.8 Å². The highest BCUT2D eigenvalue weighted by Gasteiger charge is 2.10. The molecule has 2 aromatic carbocycles. The lowest BCUT2D eigenvalue weighted by molar-refractivity contribution is 0.337. The van der Waals surface area contributed by atoms with Crippen LogP contribution in [-0.2, 0) is 13.0 Å². The van der Waals surface area contributed by atoms with Crippen LogP contribution in [0.15, 0.2) is 36.4 Å². The molecule has 0 saturated heterocycles. The van der Waals surface area contributed by atoms with Crippen molar-refractivity contribution in [2.45, 2.75) is 26.8 Å². The van der Waals surface area contributed by atoms with E-state index in [0.717, 1.165) is 17.7 Å². The van der Waals surface area contributed by atoms with Crippen LogP contribution in [0.5, 0.6) is 5.75 Å². The number of halogens is 2. The van der Waals surface area contributed by atoms with Gasteiger partial charge in [0.1, 0.15) is 5.75 Å². The lowest BCUT2D eigenvalue weighted by Crippen LogP contribution is -2.04. The molecular formula is C17H19Cl2NO. The van der Waals surface area contributed by atoms with E-state index in [1.54, 1.807) is 6.07 Å². The molecule has 1 N–H and O–H groups in total. The largest absolute Gasteiger partial charge is 0.492 e. The van der Waals surface area contributed by atoms with E-state index in [1.807, 2.05) is 13.0 Å². The molecular weight excluding hydrogens is 305 g/mol. The van der Waals surface area contributed by atoms with E-state index in [4.69, 9.17) is 27.9 Å². The summed E-state index contributed by atoms with van der Waals surface area (Å²) in [7, 11) is 0. The van der Waals surface area contributed by atoms with Gasteiger partial charge in [-0.05, 0) is 43.2 Å². The van der Waals surface area contributed by atoms with Crippen molar-refractivity contribution < 1.29 is 4.74 Å². The SMILES string of the molecule is CCOc1c(Cl)cc(Cl)cc1CNc1ccc(CC)cc1. The van der Waals surface area contributed by atoms with Crippen LogP contribution in [0, 0.1) is 0 Å². The fraction of sp³-hybridized carbons (Fsp3) is 0.294. The number of nitrogens with one attached hydrogen (secondary N) is 1. The summed E-state index contributed by atoms with van der Waals surface area (Å²) in [5.74, 6) is 0.696. The molecule has 21 heavy (non-hydrogen) atoms. The quantitative estimate of drug-likeness (QED) is 0.750. The Morgan fingerprint density at radius 1 is 1.05 bits per heavy atom. The molecule has 112 valence electrons. The summed E-state index contributed by atoms with van der Waals surface area (Å²) in [6, 6.07) is 12.0. The maximum Gasteiger partial charge on any atom is 0.142 e. The molecule has 4 heteroatoms. The van der Waals surface area contributed by atoms with Crippen molar-refractivity contribution in [3.63, 3.8) is 0 Å². The Bertz CT molecular complexity index is 596. The third kappa shape index (κ3) is 4.29. The van der Waals surface area contributed by atoms with Gasteiger partial charge in [0.25, 0.3) is 0 Å². The van der Waals surface area contributed by atoms with Crippen molar-refractivity contribution in [3.05, 3.63) is 57.6 Å². The molecule has 0 fully saturated rings. The van der Waals surface area contributed by atoms with E-state index in [2.05, 4.69) is 36.5 Å². The average molecular weight is 324 g/mol. The summed E-state index contributed by atoms with van der Waals surface area (Å²) in [5.41, 5.74) is 3.33. The van der Waals surface area contributed by atoms with Gasteiger partial charge in [0.2, 0.25) is 0 Å². The van der Waals surface area contributed by atoms with Crippen LogP contribution in [0.4, 0.5) is 5.69 Å². The van der Waals surface area contributed by atoms with Gasteiger partial charge >= 0.3 is 0 Å². The monoisotopic (exact) mass is 323 g/mol. The molecule has 0 aliphatic heterocycles. The van der Waals surface area contributed by atoms with Gasteiger partial charge in [-0.25, -0.2) is 0 Å². The van der Waals surface area contributed by atoms with Gasteiger partial charge in [0.15, 0.2) is 0 Å². The van der Waals surface area contributed by atoms with E-state index < -0.39 is 0 Å². The molecule has 0 bridgehead atoms. The summed E-state index contributed by atoms with van der Waals surface area (Å²) in [6.45, 7) is 5.26. The van der Waals surface area contributed by atoms with Crippen molar-refractivity contribution in [1.82, 2.24) is 0 Å². The minimum absolute atomic E-state index is 0.544. The van der Waals surface area contributed by atoms with E-state index >= 15 is 0 Å². The van der Waals surface area contributed by atoms with E-state index in [0.29, 0.717) is 28.9 Å². The molecule has 0 aliphatic rings. The molecule has 0 amide bonds. The highest BCUT2D eigenvalue weighted by Crippen LogP contribution is 2.33. The molecule has 0 saturated carbocycles. The molecule has 0 spiro atoms. The fourth-order valence-electron chi connectivity index (χ4n) is 2.11. The maximum absolute atomic E-state index is 6.20. The zero-order valence-corrected chi connectivity index (χ0v) is 13.8. The number of hydrogen-bond acceptors (Lipinski definition) is 2. The van der Waals surface area contributed by atoms with Crippen molar-refractivity contribution in [2.75, 3.05) is 11.9 Å². The van der Waals surface area contributed by atoms with Crippen LogP contribution in [0.2, 0.25) is 10.0 Å². The number of hydrogen-bond donors (Lipinski definition) is 1. The molecule has 0 aromatic heterocycles. The summed E-state index contributed by atoms with van der Waals surface area (Å²) in [4.78, 5) is 0. The van der Waals surface area contributed by atoms with E-state index in [-0.39, 0.29) is 0 Å². The maximum atomic E-state index is 6.20. The Kier molecular flexibility index (Phi) is 5.77. The highest BCUT2D eigenvalue weighted by molar-refractivity contribution is 6.35. The summed E-state index contributed by atoms with van der Waals surface area (Å²) >= 11 is 12.3. The van der Waals surface area contributed by atoms with Gasteiger partial charge in [-0.1, -0.05) is 42.3 Å². The Morgan fingerprint density at radius 3 is 2.38 bits per heavy atom. The third-order valence-electron chi connectivity index (χ3n) is 3.22. The summed E-state index contributed by atoms with van der Waals surface area (Å²) in [6.07, 6.45) is 1.04. The third-order valence-corrected chi connectivity index (χ3v) is 3.72. The second-order valence-electron chi connectivity index (χ2n) is 4.71. The Labute approximate surface area is 136 Å². The molecule has 0 aliphatic carbocycles. The number of aryl methyl sites for hydroxylation is 1. The standard InChI is InChI=1S/C17H19Cl2NO/c1-3-12-5-7-15(8-6-12)20-11-13-9-14(18)10-16(19)17(13)21-4-2/h5-10,20H,3-4,11H2,1-2H3. The van der Waals surface area contributed by atoms with Crippen LogP contribution in [0.25, 0.3) is 0 Å². The Hall–Kier alpha value is -1.38. The number of benzene rings is 2. The molecule has 2 aromatic rings. The first-order chi connectivity index (χ1) is 10.1. The predicted octanol–water partition coefficient (Wildman–Crippen LogP) is 5.57. The zero-order valence-electron chi connectivity index (χ0n) is 12.2. The van der Waals surface area contributed by atoms with Gasteiger partial charge in [-0.2, -0.15) is 0 Å². The smallest absolute Gasteiger partial charge is 0.142 e. The predicted molar refractivity (Wildman–Crippen MR) is 90.8 cm³/mol. The molecule has 2 nitrogen and oxygen atoms in total. The van der Waals surface area contributed by atoms with Crippen molar-refractivity contribution in [1.29, 1.82) is 0 Å². The first-order valence-electron chi connectivity index (χ1n) is 7.07. The van der Waals surface area contributed by atoms with Gasteiger partial charge in [0.05, 0.1) is 11.6 Å². The van der Waals surface area contributed by atoms with Gasteiger partial charge in [-0.15, -0.1) is 0 Å². The second kappa shape index (κ2) is 7.58. The minimum Gasteiger partial charge on any atom is -0.492 e. The van der Waals surface area contributed by atoms with Crippen LogP contribution in [-0.4, -0.2) is 6.61 Å². The van der Waals surface area contributed by atoms with Crippen LogP contribution < -0.4 is 10.1 Å². The normalized spacial score (nSPS) is 10.5. The summed E-state index contributed by atoms with van der Waals surface area (Å²) < 4.78 is 5.62. The molecule has 0 heterocycles. The van der Waals surface area contributed by atoms with Crippen LogP contribution >= 0.6 is 23.2 Å². The fourth-order valence-corrected chi connectivity index (χ4v) is 2.70.